The van der Waals surface area contributed by atoms with Crippen molar-refractivity contribution in [3.8, 4) is 5.75 Å². The van der Waals surface area contributed by atoms with E-state index in [1.165, 1.54) is 0 Å². The zero-order chi connectivity index (χ0) is 13.8. The molecule has 0 aromatic heterocycles. The van der Waals surface area contributed by atoms with E-state index in [0.29, 0.717) is 45.3 Å². The molecule has 1 aromatic rings. The van der Waals surface area contributed by atoms with E-state index in [2.05, 4.69) is 0 Å². The number of methoxy groups -OCH3 is 1. The molecule has 0 saturated heterocycles. The minimum atomic E-state index is 0.593. The Hall–Kier alpha value is -1.30. The molecule has 108 valence electrons. The summed E-state index contributed by atoms with van der Waals surface area (Å²) in [5, 5.41) is 0. The monoisotopic (exact) mass is 269 g/mol. The van der Waals surface area contributed by atoms with Crippen molar-refractivity contribution < 1.29 is 18.9 Å². The van der Waals surface area contributed by atoms with Crippen LogP contribution >= 0.6 is 0 Å². The Bertz CT molecular complexity index is 333. The summed E-state index contributed by atoms with van der Waals surface area (Å²) in [5.41, 5.74) is 6.42. The van der Waals surface area contributed by atoms with Crippen molar-refractivity contribution in [3.05, 3.63) is 24.3 Å². The third-order valence-corrected chi connectivity index (χ3v) is 2.41. The normalized spacial score (nSPS) is 10.6. The van der Waals surface area contributed by atoms with Crippen LogP contribution in [0.2, 0.25) is 0 Å². The third kappa shape index (κ3) is 7.66. The highest BCUT2D eigenvalue weighted by Gasteiger charge is 1.97. The topological polar surface area (TPSA) is 62.9 Å². The molecule has 0 aliphatic heterocycles. The van der Waals surface area contributed by atoms with Crippen LogP contribution in [0.15, 0.2) is 24.3 Å². The fourth-order valence-corrected chi connectivity index (χ4v) is 1.42. The molecule has 0 spiro atoms. The van der Waals surface area contributed by atoms with Gasteiger partial charge in [-0.3, -0.25) is 0 Å². The van der Waals surface area contributed by atoms with Crippen LogP contribution in [0.25, 0.3) is 0 Å². The van der Waals surface area contributed by atoms with Crippen LogP contribution in [0.1, 0.15) is 6.42 Å². The van der Waals surface area contributed by atoms with Gasteiger partial charge in [0.25, 0.3) is 0 Å². The smallest absolute Gasteiger partial charge is 0.142 e. The van der Waals surface area contributed by atoms with Crippen LogP contribution in [0.3, 0.4) is 0 Å². The average molecular weight is 269 g/mol. The highest BCUT2D eigenvalue weighted by atomic mass is 16.5. The van der Waals surface area contributed by atoms with Gasteiger partial charge in [0.1, 0.15) is 5.75 Å². The summed E-state index contributed by atoms with van der Waals surface area (Å²) in [4.78, 5) is 0. The second kappa shape index (κ2) is 10.6. The molecule has 0 radical (unpaired) electrons. The van der Waals surface area contributed by atoms with Gasteiger partial charge in [-0.05, 0) is 12.1 Å². The number of rotatable bonds is 11. The minimum Gasteiger partial charge on any atom is -0.491 e. The van der Waals surface area contributed by atoms with E-state index in [9.17, 15) is 0 Å². The largest absolute Gasteiger partial charge is 0.491 e. The molecular formula is C14H23NO4. The van der Waals surface area contributed by atoms with Crippen molar-refractivity contribution in [1.29, 1.82) is 0 Å². The highest BCUT2D eigenvalue weighted by molar-refractivity contribution is 5.51. The molecule has 0 unspecified atom stereocenters. The maximum atomic E-state index is 5.76. The summed E-state index contributed by atoms with van der Waals surface area (Å²) in [6, 6.07) is 7.47. The summed E-state index contributed by atoms with van der Waals surface area (Å²) in [6.07, 6.45) is 0.826. The first-order chi connectivity index (χ1) is 9.34. The molecular weight excluding hydrogens is 246 g/mol. The highest BCUT2D eigenvalue weighted by Crippen LogP contribution is 2.19. The van der Waals surface area contributed by atoms with Gasteiger partial charge in [0.15, 0.2) is 0 Å². The molecule has 0 saturated carbocycles. The maximum absolute atomic E-state index is 5.76. The van der Waals surface area contributed by atoms with Gasteiger partial charge in [0, 0.05) is 20.1 Å². The number of hydrogen-bond donors (Lipinski definition) is 1. The zero-order valence-electron chi connectivity index (χ0n) is 11.5. The van der Waals surface area contributed by atoms with Crippen molar-refractivity contribution in [2.24, 2.45) is 0 Å². The van der Waals surface area contributed by atoms with Crippen molar-refractivity contribution >= 4 is 5.69 Å². The van der Waals surface area contributed by atoms with Crippen LogP contribution in [-0.4, -0.2) is 46.8 Å². The fraction of sp³-hybridized carbons (Fsp3) is 0.571. The van der Waals surface area contributed by atoms with Crippen LogP contribution in [0.4, 0.5) is 5.69 Å². The Labute approximate surface area is 114 Å². The standard InChI is InChI=1S/C14H23NO4/c1-16-9-10-18-12-11-17-7-4-8-19-14-6-3-2-5-13(14)15/h2-3,5-6H,4,7-12,15H2,1H3. The summed E-state index contributed by atoms with van der Waals surface area (Å²) in [7, 11) is 1.65. The summed E-state index contributed by atoms with van der Waals surface area (Å²) in [6.45, 7) is 3.66. The van der Waals surface area contributed by atoms with E-state index in [1.54, 1.807) is 7.11 Å². The lowest BCUT2D eigenvalue weighted by atomic mass is 10.3. The quantitative estimate of drug-likeness (QED) is 0.489. The number of para-hydroxylation sites is 2. The van der Waals surface area contributed by atoms with Crippen molar-refractivity contribution in [3.63, 3.8) is 0 Å². The molecule has 5 nitrogen and oxygen atoms in total. The Morgan fingerprint density at radius 1 is 0.895 bits per heavy atom. The van der Waals surface area contributed by atoms with Crippen molar-refractivity contribution in [2.75, 3.05) is 52.5 Å². The number of nitrogens with two attached hydrogens (primary N) is 1. The maximum Gasteiger partial charge on any atom is 0.142 e. The first kappa shape index (κ1) is 15.8. The molecule has 2 N–H and O–H groups in total. The van der Waals surface area contributed by atoms with Gasteiger partial charge in [0.2, 0.25) is 0 Å². The van der Waals surface area contributed by atoms with E-state index < -0.39 is 0 Å². The number of ether oxygens (including phenoxy) is 4. The Kier molecular flexibility index (Phi) is 8.80. The lowest BCUT2D eigenvalue weighted by molar-refractivity contribution is 0.0224. The molecule has 0 aliphatic carbocycles. The van der Waals surface area contributed by atoms with Crippen molar-refractivity contribution in [1.82, 2.24) is 0 Å². The molecule has 0 atom stereocenters. The van der Waals surface area contributed by atoms with Crippen molar-refractivity contribution in [2.45, 2.75) is 6.42 Å². The van der Waals surface area contributed by atoms with Crippen LogP contribution in [0, 0.1) is 0 Å². The molecule has 0 aliphatic rings. The fourth-order valence-electron chi connectivity index (χ4n) is 1.42. The van der Waals surface area contributed by atoms with E-state index >= 15 is 0 Å². The average Bonchev–Trinajstić information content (AvgIpc) is 2.43. The summed E-state index contributed by atoms with van der Waals surface area (Å²) >= 11 is 0. The zero-order valence-corrected chi connectivity index (χ0v) is 11.5. The summed E-state index contributed by atoms with van der Waals surface area (Å²) in [5.74, 6) is 0.727. The van der Waals surface area contributed by atoms with Crippen LogP contribution in [0.5, 0.6) is 5.75 Å². The number of benzene rings is 1. The SMILES string of the molecule is COCCOCCOCCCOc1ccccc1N. The Morgan fingerprint density at radius 3 is 2.32 bits per heavy atom. The van der Waals surface area contributed by atoms with Gasteiger partial charge in [-0.2, -0.15) is 0 Å². The first-order valence-corrected chi connectivity index (χ1v) is 6.46. The number of anilines is 1. The van der Waals surface area contributed by atoms with Gasteiger partial charge in [-0.25, -0.2) is 0 Å². The minimum absolute atomic E-state index is 0.593. The third-order valence-electron chi connectivity index (χ3n) is 2.41. The number of hydrogen-bond acceptors (Lipinski definition) is 5. The molecule has 0 amide bonds. The predicted octanol–water partition coefficient (Wildman–Crippen LogP) is 1.72. The van der Waals surface area contributed by atoms with Gasteiger partial charge in [-0.15, -0.1) is 0 Å². The molecule has 0 bridgehead atoms. The van der Waals surface area contributed by atoms with Gasteiger partial charge < -0.3 is 24.7 Å². The van der Waals surface area contributed by atoms with E-state index in [0.717, 1.165) is 12.2 Å². The Balaban J connectivity index is 1.90. The van der Waals surface area contributed by atoms with Gasteiger partial charge in [0.05, 0.1) is 38.7 Å². The first-order valence-electron chi connectivity index (χ1n) is 6.46. The predicted molar refractivity (Wildman–Crippen MR) is 74.5 cm³/mol. The number of nitrogen functional groups attached to an aromatic ring is 1. The van der Waals surface area contributed by atoms with E-state index in [-0.39, 0.29) is 0 Å². The van der Waals surface area contributed by atoms with Crippen LogP contribution in [-0.2, 0) is 14.2 Å². The van der Waals surface area contributed by atoms with E-state index in [1.807, 2.05) is 24.3 Å². The lowest BCUT2D eigenvalue weighted by Gasteiger charge is -2.09. The van der Waals surface area contributed by atoms with Gasteiger partial charge >= 0.3 is 0 Å². The second-order valence-electron chi connectivity index (χ2n) is 3.96. The van der Waals surface area contributed by atoms with E-state index in [4.69, 9.17) is 24.7 Å². The van der Waals surface area contributed by atoms with Gasteiger partial charge in [-0.1, -0.05) is 12.1 Å². The van der Waals surface area contributed by atoms with Crippen LogP contribution < -0.4 is 10.5 Å². The molecule has 5 heteroatoms. The Morgan fingerprint density at radius 2 is 1.58 bits per heavy atom. The molecule has 0 heterocycles. The molecule has 1 rings (SSSR count). The molecule has 19 heavy (non-hydrogen) atoms. The second-order valence-corrected chi connectivity index (χ2v) is 3.96. The lowest BCUT2D eigenvalue weighted by Crippen LogP contribution is -2.10. The molecule has 1 aromatic carbocycles. The molecule has 0 fully saturated rings. The summed E-state index contributed by atoms with van der Waals surface area (Å²) < 4.78 is 21.1.